The summed E-state index contributed by atoms with van der Waals surface area (Å²) in [5.74, 6) is 2.67. The quantitative estimate of drug-likeness (QED) is 0.744. The van der Waals surface area contributed by atoms with E-state index in [9.17, 15) is 4.79 Å². The second-order valence-corrected chi connectivity index (χ2v) is 6.67. The fourth-order valence-corrected chi connectivity index (χ4v) is 3.33. The molecule has 1 fully saturated rings. The number of rotatable bonds is 6. The molecule has 1 aliphatic carbocycles. The number of hydrogen-bond acceptors (Lipinski definition) is 5. The molecule has 6 nitrogen and oxygen atoms in total. The average Bonchev–Trinajstić information content (AvgIpc) is 3.06. The lowest BCUT2D eigenvalue weighted by atomic mass is 9.83. The van der Waals surface area contributed by atoms with E-state index >= 15 is 0 Å². The number of hydrogen-bond donors (Lipinski definition) is 0. The lowest BCUT2D eigenvalue weighted by Crippen LogP contribution is -2.29. The molecule has 0 atom stereocenters. The summed E-state index contributed by atoms with van der Waals surface area (Å²) in [7, 11) is 0. The SMILES string of the molecule is C=CC(=O)N(Cc1ccc2c(c1)OCCO2)Cc1ncoc1C1CCC1. The minimum Gasteiger partial charge on any atom is -0.486 e. The van der Waals surface area contributed by atoms with Crippen molar-refractivity contribution in [2.24, 2.45) is 0 Å². The summed E-state index contributed by atoms with van der Waals surface area (Å²) in [5, 5.41) is 0. The van der Waals surface area contributed by atoms with Crippen molar-refractivity contribution in [1.29, 1.82) is 0 Å². The Morgan fingerprint density at radius 2 is 2.04 bits per heavy atom. The Balaban J connectivity index is 1.53. The predicted molar refractivity (Wildman–Crippen MR) is 95.0 cm³/mol. The van der Waals surface area contributed by atoms with E-state index in [-0.39, 0.29) is 5.91 Å². The summed E-state index contributed by atoms with van der Waals surface area (Å²) in [4.78, 5) is 18.5. The molecular formula is C20H22N2O4. The first-order chi connectivity index (χ1) is 12.7. The van der Waals surface area contributed by atoms with Crippen LogP contribution in [0, 0.1) is 0 Å². The standard InChI is InChI=1S/C20H22N2O4/c1-2-19(23)22(12-16-20(26-13-21-16)15-4-3-5-15)11-14-6-7-17-18(10-14)25-9-8-24-17/h2,6-7,10,13,15H,1,3-5,8-9,11-12H2. The highest BCUT2D eigenvalue weighted by molar-refractivity contribution is 5.86. The van der Waals surface area contributed by atoms with E-state index < -0.39 is 0 Å². The van der Waals surface area contributed by atoms with Gasteiger partial charge in [-0.1, -0.05) is 19.1 Å². The highest BCUT2D eigenvalue weighted by Gasteiger charge is 2.27. The molecule has 1 aromatic heterocycles. The highest BCUT2D eigenvalue weighted by atomic mass is 16.6. The lowest BCUT2D eigenvalue weighted by molar-refractivity contribution is -0.127. The molecule has 0 spiro atoms. The van der Waals surface area contributed by atoms with Crippen molar-refractivity contribution in [3.05, 3.63) is 54.3 Å². The first-order valence-corrected chi connectivity index (χ1v) is 8.96. The number of aromatic nitrogens is 1. The number of ether oxygens (including phenoxy) is 2. The molecule has 6 heteroatoms. The van der Waals surface area contributed by atoms with Crippen molar-refractivity contribution < 1.29 is 18.7 Å². The molecule has 0 unspecified atom stereocenters. The van der Waals surface area contributed by atoms with Crippen molar-refractivity contribution in [3.63, 3.8) is 0 Å². The van der Waals surface area contributed by atoms with Crippen LogP contribution in [0.1, 0.15) is 42.2 Å². The van der Waals surface area contributed by atoms with Crippen LogP contribution in [0.25, 0.3) is 0 Å². The van der Waals surface area contributed by atoms with E-state index in [1.807, 2.05) is 18.2 Å². The third-order valence-electron chi connectivity index (χ3n) is 4.96. The molecule has 4 rings (SSSR count). The number of benzene rings is 1. The molecule has 2 aliphatic rings. The van der Waals surface area contributed by atoms with Crippen molar-refractivity contribution in [3.8, 4) is 11.5 Å². The van der Waals surface area contributed by atoms with E-state index in [0.29, 0.717) is 32.2 Å². The molecule has 1 saturated carbocycles. The molecule has 136 valence electrons. The van der Waals surface area contributed by atoms with E-state index in [1.165, 1.54) is 18.9 Å². The average molecular weight is 354 g/mol. The summed E-state index contributed by atoms with van der Waals surface area (Å²) in [6.45, 7) is 5.57. The predicted octanol–water partition coefficient (Wildman–Crippen LogP) is 3.43. The maximum atomic E-state index is 12.4. The van der Waals surface area contributed by atoms with E-state index in [0.717, 1.165) is 41.4 Å². The zero-order valence-corrected chi connectivity index (χ0v) is 14.6. The number of carbonyl (C=O) groups excluding carboxylic acids is 1. The van der Waals surface area contributed by atoms with Gasteiger partial charge < -0.3 is 18.8 Å². The Labute approximate surface area is 152 Å². The smallest absolute Gasteiger partial charge is 0.246 e. The van der Waals surface area contributed by atoms with Gasteiger partial charge in [-0.25, -0.2) is 4.98 Å². The van der Waals surface area contributed by atoms with Gasteiger partial charge in [-0.2, -0.15) is 0 Å². The van der Waals surface area contributed by atoms with Crippen LogP contribution >= 0.6 is 0 Å². The Morgan fingerprint density at radius 1 is 1.23 bits per heavy atom. The molecule has 1 amide bonds. The Hall–Kier alpha value is -2.76. The van der Waals surface area contributed by atoms with Crippen molar-refractivity contribution in [2.75, 3.05) is 13.2 Å². The summed E-state index contributed by atoms with van der Waals surface area (Å²) >= 11 is 0. The molecule has 2 aromatic rings. The number of nitrogens with zero attached hydrogens (tertiary/aromatic N) is 2. The summed E-state index contributed by atoms with van der Waals surface area (Å²) in [6.07, 6.45) is 6.28. The summed E-state index contributed by atoms with van der Waals surface area (Å²) < 4.78 is 16.8. The van der Waals surface area contributed by atoms with Gasteiger partial charge in [0.05, 0.1) is 6.54 Å². The molecular weight excluding hydrogens is 332 g/mol. The van der Waals surface area contributed by atoms with Gasteiger partial charge in [-0.05, 0) is 36.6 Å². The Morgan fingerprint density at radius 3 is 2.77 bits per heavy atom. The molecule has 0 bridgehead atoms. The van der Waals surface area contributed by atoms with Crippen LogP contribution in [0.5, 0.6) is 11.5 Å². The zero-order valence-electron chi connectivity index (χ0n) is 14.6. The normalized spacial score (nSPS) is 16.0. The van der Waals surface area contributed by atoms with Crippen molar-refractivity contribution in [2.45, 2.75) is 38.3 Å². The monoisotopic (exact) mass is 354 g/mol. The lowest BCUT2D eigenvalue weighted by Gasteiger charge is -2.26. The number of amides is 1. The van der Waals surface area contributed by atoms with Gasteiger partial charge in [0.1, 0.15) is 24.7 Å². The van der Waals surface area contributed by atoms with Gasteiger partial charge in [-0.15, -0.1) is 0 Å². The fraction of sp³-hybridized carbons (Fsp3) is 0.400. The molecule has 0 N–H and O–H groups in total. The molecule has 2 heterocycles. The van der Waals surface area contributed by atoms with Crippen LogP contribution in [0.2, 0.25) is 0 Å². The van der Waals surface area contributed by atoms with E-state index in [1.54, 1.807) is 4.90 Å². The molecule has 0 radical (unpaired) electrons. The number of carbonyl (C=O) groups is 1. The minimum absolute atomic E-state index is 0.137. The zero-order chi connectivity index (χ0) is 17.9. The van der Waals surface area contributed by atoms with Crippen molar-refractivity contribution in [1.82, 2.24) is 9.88 Å². The molecule has 1 aromatic carbocycles. The molecule has 1 aliphatic heterocycles. The second kappa shape index (κ2) is 7.23. The minimum atomic E-state index is -0.137. The van der Waals surface area contributed by atoms with Gasteiger partial charge in [0, 0.05) is 12.5 Å². The van der Waals surface area contributed by atoms with Gasteiger partial charge in [0.25, 0.3) is 0 Å². The fourth-order valence-electron chi connectivity index (χ4n) is 3.33. The summed E-state index contributed by atoms with van der Waals surface area (Å²) in [5.41, 5.74) is 1.81. The van der Waals surface area contributed by atoms with Gasteiger partial charge in [-0.3, -0.25) is 4.79 Å². The molecule has 26 heavy (non-hydrogen) atoms. The van der Waals surface area contributed by atoms with Crippen LogP contribution in [0.15, 0.2) is 41.7 Å². The van der Waals surface area contributed by atoms with Crippen LogP contribution in [0.4, 0.5) is 0 Å². The molecule has 0 saturated heterocycles. The van der Waals surface area contributed by atoms with E-state index in [4.69, 9.17) is 13.9 Å². The van der Waals surface area contributed by atoms with Crippen molar-refractivity contribution >= 4 is 5.91 Å². The first kappa shape index (κ1) is 16.7. The van der Waals surface area contributed by atoms with Gasteiger partial charge in [0.2, 0.25) is 5.91 Å². The van der Waals surface area contributed by atoms with Crippen LogP contribution in [-0.2, 0) is 17.9 Å². The number of fused-ring (bicyclic) bond motifs is 1. The summed E-state index contributed by atoms with van der Waals surface area (Å²) in [6, 6.07) is 5.76. The second-order valence-electron chi connectivity index (χ2n) is 6.67. The maximum Gasteiger partial charge on any atom is 0.246 e. The largest absolute Gasteiger partial charge is 0.486 e. The van der Waals surface area contributed by atoms with Gasteiger partial charge in [0.15, 0.2) is 17.9 Å². The van der Waals surface area contributed by atoms with Crippen LogP contribution in [0.3, 0.4) is 0 Å². The maximum absolute atomic E-state index is 12.4. The van der Waals surface area contributed by atoms with Gasteiger partial charge >= 0.3 is 0 Å². The van der Waals surface area contributed by atoms with Crippen LogP contribution in [-0.4, -0.2) is 29.0 Å². The third kappa shape index (κ3) is 3.31. The Bertz CT molecular complexity index is 810. The Kier molecular flexibility index (Phi) is 4.65. The van der Waals surface area contributed by atoms with E-state index in [2.05, 4.69) is 11.6 Å². The van der Waals surface area contributed by atoms with Crippen LogP contribution < -0.4 is 9.47 Å². The number of oxazole rings is 1. The highest BCUT2D eigenvalue weighted by Crippen LogP contribution is 2.38. The topological polar surface area (TPSA) is 64.8 Å². The third-order valence-corrected chi connectivity index (χ3v) is 4.96. The first-order valence-electron chi connectivity index (χ1n) is 8.96.